The highest BCUT2D eigenvalue weighted by Crippen LogP contribution is 2.47. The normalized spacial score (nSPS) is 22.0. The van der Waals surface area contributed by atoms with Crippen LogP contribution in [0, 0.1) is 5.41 Å². The summed E-state index contributed by atoms with van der Waals surface area (Å²) in [7, 11) is 0. The Morgan fingerprint density at radius 3 is 2.72 bits per heavy atom. The monoisotopic (exact) mass is 341 g/mol. The van der Waals surface area contributed by atoms with Crippen LogP contribution in [-0.4, -0.2) is 55.7 Å². The molecule has 1 amide bonds. The number of hydrogen-bond acceptors (Lipinski definition) is 5. The fourth-order valence-electron chi connectivity index (χ4n) is 3.72. The highest BCUT2D eigenvalue weighted by molar-refractivity contribution is 5.86. The summed E-state index contributed by atoms with van der Waals surface area (Å²) in [4.78, 5) is 14.9. The minimum absolute atomic E-state index is 0.0194. The molecule has 2 fully saturated rings. The molecule has 132 valence electrons. The van der Waals surface area contributed by atoms with Crippen LogP contribution in [0.1, 0.15) is 37.7 Å². The van der Waals surface area contributed by atoms with E-state index in [-0.39, 0.29) is 18.6 Å². The average molecular weight is 341 g/mol. The SMILES string of the molecule is O=C(N1CCCCC1Cc1ccc(-c2nn[nH]n2)cc1)C1(CO)CC1. The lowest BCUT2D eigenvalue weighted by molar-refractivity contribution is -0.142. The smallest absolute Gasteiger partial charge is 0.231 e. The Kier molecular flexibility index (Phi) is 4.25. The molecule has 2 N–H and O–H groups in total. The number of likely N-dealkylation sites (tertiary alicyclic amines) is 1. The molecule has 1 aromatic heterocycles. The topological polar surface area (TPSA) is 95.0 Å². The van der Waals surface area contributed by atoms with Gasteiger partial charge in [0.25, 0.3) is 0 Å². The number of nitrogens with zero attached hydrogens (tertiary/aromatic N) is 4. The molecule has 7 nitrogen and oxygen atoms in total. The molecule has 1 saturated carbocycles. The summed E-state index contributed by atoms with van der Waals surface area (Å²) < 4.78 is 0. The van der Waals surface area contributed by atoms with Crippen molar-refractivity contribution >= 4 is 5.91 Å². The molecule has 25 heavy (non-hydrogen) atoms. The predicted octanol–water partition coefficient (Wildman–Crippen LogP) is 1.56. The number of aliphatic hydroxyl groups is 1. The maximum atomic E-state index is 12.9. The summed E-state index contributed by atoms with van der Waals surface area (Å²) in [5, 5.41) is 23.6. The molecule has 2 aromatic rings. The zero-order valence-electron chi connectivity index (χ0n) is 14.2. The summed E-state index contributed by atoms with van der Waals surface area (Å²) in [5.74, 6) is 0.739. The molecule has 7 heteroatoms. The quantitative estimate of drug-likeness (QED) is 0.860. The van der Waals surface area contributed by atoms with Gasteiger partial charge >= 0.3 is 0 Å². The Labute approximate surface area is 146 Å². The Morgan fingerprint density at radius 2 is 2.08 bits per heavy atom. The Hall–Kier alpha value is -2.28. The lowest BCUT2D eigenvalue weighted by atomic mass is 9.93. The summed E-state index contributed by atoms with van der Waals surface area (Å²) in [6.45, 7) is 0.792. The molecule has 1 aliphatic heterocycles. The molecule has 0 spiro atoms. The van der Waals surface area contributed by atoms with Crippen molar-refractivity contribution < 1.29 is 9.90 Å². The number of hydrogen-bond donors (Lipinski definition) is 2. The van der Waals surface area contributed by atoms with Crippen LogP contribution in [0.25, 0.3) is 11.4 Å². The highest BCUT2D eigenvalue weighted by atomic mass is 16.3. The number of aromatic nitrogens is 4. The molecule has 1 aliphatic carbocycles. The number of nitrogens with one attached hydrogen (secondary N) is 1. The van der Waals surface area contributed by atoms with Crippen LogP contribution in [0.2, 0.25) is 0 Å². The number of rotatable bonds is 5. The second-order valence-electron chi connectivity index (χ2n) is 7.22. The standard InChI is InChI=1S/C18H23N5O2/c24-12-18(8-9-18)17(25)23-10-2-1-3-15(23)11-13-4-6-14(7-5-13)16-19-21-22-20-16/h4-7,15,24H,1-3,8-12H2,(H,19,20,21,22). The summed E-state index contributed by atoms with van der Waals surface area (Å²) in [6.07, 6.45) is 5.73. The first-order chi connectivity index (χ1) is 12.2. The number of aromatic amines is 1. The first-order valence-electron chi connectivity index (χ1n) is 8.96. The van der Waals surface area contributed by atoms with Crippen molar-refractivity contribution in [1.82, 2.24) is 25.5 Å². The van der Waals surface area contributed by atoms with E-state index in [1.54, 1.807) is 0 Å². The Morgan fingerprint density at radius 1 is 1.28 bits per heavy atom. The summed E-state index contributed by atoms with van der Waals surface area (Å²) >= 11 is 0. The van der Waals surface area contributed by atoms with Crippen molar-refractivity contribution in [2.45, 2.75) is 44.6 Å². The van der Waals surface area contributed by atoms with Gasteiger partial charge < -0.3 is 10.0 Å². The van der Waals surface area contributed by atoms with Crippen molar-refractivity contribution in [3.8, 4) is 11.4 Å². The Bertz CT molecular complexity index is 724. The first kappa shape index (κ1) is 16.2. The van der Waals surface area contributed by atoms with Gasteiger partial charge in [-0.3, -0.25) is 4.79 Å². The number of tetrazole rings is 1. The van der Waals surface area contributed by atoms with Gasteiger partial charge in [-0.2, -0.15) is 5.21 Å². The van der Waals surface area contributed by atoms with Crippen molar-refractivity contribution in [3.63, 3.8) is 0 Å². The highest BCUT2D eigenvalue weighted by Gasteiger charge is 2.52. The largest absolute Gasteiger partial charge is 0.395 e. The lowest BCUT2D eigenvalue weighted by Gasteiger charge is -2.38. The molecule has 1 atom stereocenters. The van der Waals surface area contributed by atoms with Crippen LogP contribution in [-0.2, 0) is 11.2 Å². The van der Waals surface area contributed by atoms with Crippen LogP contribution in [0.5, 0.6) is 0 Å². The van der Waals surface area contributed by atoms with E-state index < -0.39 is 5.41 Å². The molecular formula is C18H23N5O2. The van der Waals surface area contributed by atoms with Crippen LogP contribution in [0.3, 0.4) is 0 Å². The molecule has 0 bridgehead atoms. The Balaban J connectivity index is 1.47. The predicted molar refractivity (Wildman–Crippen MR) is 91.4 cm³/mol. The van der Waals surface area contributed by atoms with Crippen LogP contribution in [0.15, 0.2) is 24.3 Å². The van der Waals surface area contributed by atoms with E-state index in [1.807, 2.05) is 17.0 Å². The third-order valence-electron chi connectivity index (χ3n) is 5.53. The van der Waals surface area contributed by atoms with Crippen molar-refractivity contribution in [3.05, 3.63) is 29.8 Å². The van der Waals surface area contributed by atoms with Gasteiger partial charge in [0.2, 0.25) is 11.7 Å². The molecular weight excluding hydrogens is 318 g/mol. The third-order valence-corrected chi connectivity index (χ3v) is 5.53. The number of benzene rings is 1. The molecule has 1 aromatic carbocycles. The fourth-order valence-corrected chi connectivity index (χ4v) is 3.72. The molecule has 1 unspecified atom stereocenters. The van der Waals surface area contributed by atoms with Crippen LogP contribution < -0.4 is 0 Å². The van der Waals surface area contributed by atoms with Gasteiger partial charge in [0, 0.05) is 18.2 Å². The van der Waals surface area contributed by atoms with E-state index in [4.69, 9.17) is 0 Å². The fraction of sp³-hybridized carbons (Fsp3) is 0.556. The summed E-state index contributed by atoms with van der Waals surface area (Å²) in [6, 6.07) is 8.35. The molecule has 2 heterocycles. The van der Waals surface area contributed by atoms with Gasteiger partial charge in [-0.1, -0.05) is 24.3 Å². The molecule has 2 aliphatic rings. The number of amides is 1. The zero-order chi connectivity index (χ0) is 17.3. The van der Waals surface area contributed by atoms with Gasteiger partial charge in [-0.15, -0.1) is 10.2 Å². The van der Waals surface area contributed by atoms with E-state index in [1.165, 1.54) is 5.56 Å². The van der Waals surface area contributed by atoms with Gasteiger partial charge in [-0.25, -0.2) is 0 Å². The van der Waals surface area contributed by atoms with Crippen LogP contribution in [0.4, 0.5) is 0 Å². The van der Waals surface area contributed by atoms with Gasteiger partial charge in [-0.05, 0) is 49.3 Å². The number of aliphatic hydroxyl groups excluding tert-OH is 1. The number of H-pyrrole nitrogens is 1. The third kappa shape index (κ3) is 3.16. The lowest BCUT2D eigenvalue weighted by Crippen LogP contribution is -2.48. The minimum Gasteiger partial charge on any atom is -0.395 e. The minimum atomic E-state index is -0.474. The van der Waals surface area contributed by atoms with Crippen molar-refractivity contribution in [2.75, 3.05) is 13.2 Å². The number of piperidine rings is 1. The van der Waals surface area contributed by atoms with E-state index in [2.05, 4.69) is 32.8 Å². The van der Waals surface area contributed by atoms with Crippen LogP contribution >= 0.6 is 0 Å². The van der Waals surface area contributed by atoms with Gasteiger partial charge in [0.15, 0.2) is 0 Å². The molecule has 4 rings (SSSR count). The van der Waals surface area contributed by atoms with E-state index in [9.17, 15) is 9.90 Å². The maximum Gasteiger partial charge on any atom is 0.231 e. The van der Waals surface area contributed by atoms with Gasteiger partial charge in [0.1, 0.15) is 0 Å². The summed E-state index contributed by atoms with van der Waals surface area (Å²) in [5.41, 5.74) is 1.65. The average Bonchev–Trinajstić information content (AvgIpc) is 3.27. The van der Waals surface area contributed by atoms with Crippen molar-refractivity contribution in [1.29, 1.82) is 0 Å². The number of carbonyl (C=O) groups is 1. The van der Waals surface area contributed by atoms with Crippen molar-refractivity contribution in [2.24, 2.45) is 5.41 Å². The second kappa shape index (κ2) is 6.55. The first-order valence-corrected chi connectivity index (χ1v) is 8.96. The van der Waals surface area contributed by atoms with Gasteiger partial charge in [0.05, 0.1) is 12.0 Å². The maximum absolute atomic E-state index is 12.9. The molecule has 0 radical (unpaired) electrons. The van der Waals surface area contributed by atoms with E-state index >= 15 is 0 Å². The van der Waals surface area contributed by atoms with E-state index in [0.29, 0.717) is 5.82 Å². The van der Waals surface area contributed by atoms with E-state index in [0.717, 1.165) is 50.6 Å². The second-order valence-corrected chi connectivity index (χ2v) is 7.22. The number of carbonyl (C=O) groups excluding carboxylic acids is 1. The molecule has 1 saturated heterocycles. The zero-order valence-corrected chi connectivity index (χ0v) is 14.2.